The fourth-order valence-corrected chi connectivity index (χ4v) is 5.20. The molecule has 0 spiro atoms. The SMILES string of the molecule is CC(=O)N1CCN(c2ncc(-c3ccc4c(=O)n(C)n(Cc5cn(C(C)=O)cc5C(F)(F)F)c4c3)cn2)C[C@H]1C. The molecule has 210 valence electrons. The molecule has 1 amide bonds. The second-order valence-corrected chi connectivity index (χ2v) is 10.0. The topological polar surface area (TPSA) is 98.3 Å². The van der Waals surface area contributed by atoms with Gasteiger partial charge in [-0.05, 0) is 24.6 Å². The van der Waals surface area contributed by atoms with Crippen molar-refractivity contribution >= 4 is 28.7 Å². The normalized spacial score (nSPS) is 16.1. The first kappa shape index (κ1) is 27.2. The molecule has 1 aliphatic heterocycles. The van der Waals surface area contributed by atoms with E-state index in [2.05, 4.69) is 9.97 Å². The number of hydrogen-bond acceptors (Lipinski definition) is 6. The summed E-state index contributed by atoms with van der Waals surface area (Å²) in [5, 5.41) is 0.348. The molecule has 4 heterocycles. The van der Waals surface area contributed by atoms with E-state index in [-0.39, 0.29) is 29.6 Å². The molecule has 0 saturated carbocycles. The number of alkyl halides is 3. The van der Waals surface area contributed by atoms with Crippen LogP contribution >= 0.6 is 0 Å². The zero-order valence-corrected chi connectivity index (χ0v) is 22.4. The van der Waals surface area contributed by atoms with Gasteiger partial charge in [0.15, 0.2) is 0 Å². The summed E-state index contributed by atoms with van der Waals surface area (Å²) in [4.78, 5) is 49.3. The van der Waals surface area contributed by atoms with Gasteiger partial charge in [-0.15, -0.1) is 0 Å². The predicted molar refractivity (Wildman–Crippen MR) is 142 cm³/mol. The third-order valence-corrected chi connectivity index (χ3v) is 7.35. The van der Waals surface area contributed by atoms with Crippen LogP contribution in [0.25, 0.3) is 22.0 Å². The minimum absolute atomic E-state index is 0.0250. The van der Waals surface area contributed by atoms with Crippen LogP contribution in [0.1, 0.15) is 36.7 Å². The lowest BCUT2D eigenvalue weighted by atomic mass is 10.1. The maximum atomic E-state index is 13.7. The molecule has 5 rings (SSSR count). The molecule has 0 radical (unpaired) electrons. The van der Waals surface area contributed by atoms with Crippen molar-refractivity contribution in [3.8, 4) is 11.1 Å². The van der Waals surface area contributed by atoms with Crippen molar-refractivity contribution in [2.75, 3.05) is 24.5 Å². The number of amides is 1. The van der Waals surface area contributed by atoms with Crippen molar-refractivity contribution in [1.82, 2.24) is 28.8 Å². The van der Waals surface area contributed by atoms with Gasteiger partial charge in [0.1, 0.15) is 0 Å². The lowest BCUT2D eigenvalue weighted by Crippen LogP contribution is -2.53. The van der Waals surface area contributed by atoms with Gasteiger partial charge in [0.25, 0.3) is 5.56 Å². The van der Waals surface area contributed by atoms with Crippen molar-refractivity contribution in [3.63, 3.8) is 0 Å². The molecule has 0 aliphatic carbocycles. The molecule has 1 aliphatic rings. The van der Waals surface area contributed by atoms with Crippen LogP contribution in [0.15, 0.2) is 47.8 Å². The maximum absolute atomic E-state index is 13.7. The molecule has 1 atom stereocenters. The Kier molecular flexibility index (Phi) is 6.76. The molecule has 1 aromatic carbocycles. The monoisotopic (exact) mass is 555 g/mol. The third kappa shape index (κ3) is 4.87. The van der Waals surface area contributed by atoms with E-state index in [4.69, 9.17) is 0 Å². The smallest absolute Gasteiger partial charge is 0.337 e. The third-order valence-electron chi connectivity index (χ3n) is 7.35. The number of nitrogens with zero attached hydrogens (tertiary/aromatic N) is 7. The highest BCUT2D eigenvalue weighted by Crippen LogP contribution is 2.34. The quantitative estimate of drug-likeness (QED) is 0.383. The summed E-state index contributed by atoms with van der Waals surface area (Å²) in [5.41, 5.74) is 0.370. The van der Waals surface area contributed by atoms with E-state index in [1.165, 1.54) is 23.3 Å². The highest BCUT2D eigenvalue weighted by atomic mass is 19.4. The highest BCUT2D eigenvalue weighted by molar-refractivity contribution is 5.84. The van der Waals surface area contributed by atoms with Crippen LogP contribution < -0.4 is 10.5 Å². The Morgan fingerprint density at radius 1 is 1.02 bits per heavy atom. The van der Waals surface area contributed by atoms with E-state index < -0.39 is 17.6 Å². The number of piperazine rings is 1. The van der Waals surface area contributed by atoms with E-state index in [9.17, 15) is 27.6 Å². The second kappa shape index (κ2) is 9.96. The van der Waals surface area contributed by atoms with Crippen LogP contribution in [-0.4, -0.2) is 66.3 Å². The largest absolute Gasteiger partial charge is 0.418 e. The first-order chi connectivity index (χ1) is 18.8. The van der Waals surface area contributed by atoms with Gasteiger partial charge < -0.3 is 9.80 Å². The first-order valence-electron chi connectivity index (χ1n) is 12.7. The van der Waals surface area contributed by atoms with Gasteiger partial charge in [-0.3, -0.25) is 28.3 Å². The van der Waals surface area contributed by atoms with Crippen LogP contribution in [0.3, 0.4) is 0 Å². The number of halogens is 3. The Balaban J connectivity index is 1.47. The lowest BCUT2D eigenvalue weighted by molar-refractivity contribution is -0.138. The van der Waals surface area contributed by atoms with Crippen molar-refractivity contribution in [2.24, 2.45) is 7.05 Å². The number of carbonyl (C=O) groups is 2. The number of aromatic nitrogens is 5. The average Bonchev–Trinajstić information content (AvgIpc) is 3.44. The standard InChI is InChI=1S/C27H28F3N7O3/c1-16-12-34(7-8-36(16)18(3)39)26-31-10-20(11-32-26)19-5-6-22-24(9-19)37(33(4)25(22)40)14-21-13-35(17(2)38)15-23(21)27(28,29)30/h5-6,9-11,13,15-16H,7-8,12,14H2,1-4H3/t16-/m1/s1. The molecule has 13 heteroatoms. The molecular weight excluding hydrogens is 527 g/mol. The molecule has 0 bridgehead atoms. The Hall–Kier alpha value is -4.42. The number of fused-ring (bicyclic) bond motifs is 1. The zero-order valence-electron chi connectivity index (χ0n) is 22.4. The molecule has 1 fully saturated rings. The van der Waals surface area contributed by atoms with Crippen LogP contribution in [0, 0.1) is 0 Å². The molecule has 1 saturated heterocycles. The summed E-state index contributed by atoms with van der Waals surface area (Å²) in [5.74, 6) is 0.0133. The van der Waals surface area contributed by atoms with Gasteiger partial charge in [-0.25, -0.2) is 9.97 Å². The molecule has 0 unspecified atom stereocenters. The summed E-state index contributed by atoms with van der Waals surface area (Å²) in [6, 6.07) is 5.12. The molecule has 10 nitrogen and oxygen atoms in total. The van der Waals surface area contributed by atoms with E-state index in [0.717, 1.165) is 17.0 Å². The Morgan fingerprint density at radius 2 is 1.73 bits per heavy atom. The van der Waals surface area contributed by atoms with E-state index in [1.54, 1.807) is 37.5 Å². The zero-order chi connectivity index (χ0) is 28.9. The van der Waals surface area contributed by atoms with Gasteiger partial charge in [-0.2, -0.15) is 13.2 Å². The fourth-order valence-electron chi connectivity index (χ4n) is 5.20. The number of anilines is 1. The fraction of sp³-hybridized carbons (Fsp3) is 0.370. The summed E-state index contributed by atoms with van der Waals surface area (Å²) in [6.45, 7) is 6.23. The number of benzene rings is 1. The minimum Gasteiger partial charge on any atom is -0.337 e. The predicted octanol–water partition coefficient (Wildman–Crippen LogP) is 3.38. The van der Waals surface area contributed by atoms with Crippen molar-refractivity contribution in [1.29, 1.82) is 0 Å². The highest BCUT2D eigenvalue weighted by Gasteiger charge is 2.35. The van der Waals surface area contributed by atoms with Crippen LogP contribution in [0.2, 0.25) is 0 Å². The number of rotatable bonds is 4. The average molecular weight is 556 g/mol. The summed E-state index contributed by atoms with van der Waals surface area (Å²) in [7, 11) is 1.49. The maximum Gasteiger partial charge on any atom is 0.418 e. The molecule has 4 aromatic rings. The summed E-state index contributed by atoms with van der Waals surface area (Å²) < 4.78 is 44.8. The Labute approximate surface area is 227 Å². The van der Waals surface area contributed by atoms with Crippen LogP contribution in [0.4, 0.5) is 19.1 Å². The number of hydrogen-bond donors (Lipinski definition) is 0. The van der Waals surface area contributed by atoms with E-state index in [1.807, 2.05) is 16.7 Å². The van der Waals surface area contributed by atoms with Crippen molar-refractivity contribution in [3.05, 3.63) is 64.5 Å². The minimum atomic E-state index is -4.67. The Morgan fingerprint density at radius 3 is 2.33 bits per heavy atom. The van der Waals surface area contributed by atoms with E-state index in [0.29, 0.717) is 47.6 Å². The molecular formula is C27H28F3N7O3. The van der Waals surface area contributed by atoms with Gasteiger partial charge >= 0.3 is 6.18 Å². The summed E-state index contributed by atoms with van der Waals surface area (Å²) >= 11 is 0. The number of carbonyl (C=O) groups excluding carboxylic acids is 2. The molecule has 0 N–H and O–H groups in total. The van der Waals surface area contributed by atoms with Crippen LogP contribution in [-0.2, 0) is 24.6 Å². The van der Waals surface area contributed by atoms with Crippen LogP contribution in [0.5, 0.6) is 0 Å². The summed E-state index contributed by atoms with van der Waals surface area (Å²) in [6.07, 6.45) is 0.567. The van der Waals surface area contributed by atoms with Gasteiger partial charge in [0, 0.05) is 82.5 Å². The molecule has 3 aromatic heterocycles. The van der Waals surface area contributed by atoms with Gasteiger partial charge in [0.05, 0.1) is 23.0 Å². The van der Waals surface area contributed by atoms with Crippen molar-refractivity contribution < 1.29 is 22.8 Å². The molecule has 40 heavy (non-hydrogen) atoms. The Bertz CT molecular complexity index is 1670. The van der Waals surface area contributed by atoms with Crippen molar-refractivity contribution in [2.45, 2.75) is 39.5 Å². The lowest BCUT2D eigenvalue weighted by Gasteiger charge is -2.39. The van der Waals surface area contributed by atoms with Gasteiger partial charge in [-0.1, -0.05) is 6.07 Å². The van der Waals surface area contributed by atoms with Gasteiger partial charge in [0.2, 0.25) is 17.8 Å². The van der Waals surface area contributed by atoms with E-state index >= 15 is 0 Å². The first-order valence-corrected chi connectivity index (χ1v) is 12.7. The second-order valence-electron chi connectivity index (χ2n) is 10.0.